The van der Waals surface area contributed by atoms with Crippen molar-refractivity contribution in [1.82, 2.24) is 4.90 Å². The average molecular weight is 392 g/mol. The standard InChI is InChI=1S/C18H20N2O6S/c1-20-8-9-26-15-6-4-12(10-14(15)18(20)21)19-27(22,23)17-7-5-13(24-2)11-16(17)25-3/h4-7,10-11,19H,8-9H2,1-3H3. The van der Waals surface area contributed by atoms with Gasteiger partial charge in [0.15, 0.2) is 0 Å². The van der Waals surface area contributed by atoms with Crippen molar-refractivity contribution in [3.8, 4) is 17.2 Å². The van der Waals surface area contributed by atoms with Crippen molar-refractivity contribution in [3.63, 3.8) is 0 Å². The summed E-state index contributed by atoms with van der Waals surface area (Å²) < 4.78 is 43.9. The zero-order chi connectivity index (χ0) is 19.6. The van der Waals surface area contributed by atoms with E-state index >= 15 is 0 Å². The van der Waals surface area contributed by atoms with Crippen LogP contribution in [0.15, 0.2) is 41.3 Å². The van der Waals surface area contributed by atoms with Gasteiger partial charge < -0.3 is 19.1 Å². The topological polar surface area (TPSA) is 94.2 Å². The fourth-order valence-corrected chi connectivity index (χ4v) is 3.89. The molecule has 1 N–H and O–H groups in total. The number of carbonyl (C=O) groups excluding carboxylic acids is 1. The zero-order valence-electron chi connectivity index (χ0n) is 15.2. The molecule has 0 radical (unpaired) electrons. The van der Waals surface area contributed by atoms with E-state index in [4.69, 9.17) is 14.2 Å². The second-order valence-electron chi connectivity index (χ2n) is 5.91. The molecule has 1 heterocycles. The van der Waals surface area contributed by atoms with Crippen molar-refractivity contribution < 1.29 is 27.4 Å². The molecule has 3 rings (SSSR count). The Kier molecular flexibility index (Phi) is 5.13. The maximum absolute atomic E-state index is 12.8. The lowest BCUT2D eigenvalue weighted by molar-refractivity contribution is 0.0796. The summed E-state index contributed by atoms with van der Waals surface area (Å²) in [5.41, 5.74) is 0.552. The average Bonchev–Trinajstić information content (AvgIpc) is 2.80. The maximum Gasteiger partial charge on any atom is 0.265 e. The third kappa shape index (κ3) is 3.77. The summed E-state index contributed by atoms with van der Waals surface area (Å²) in [6, 6.07) is 9.00. The first-order chi connectivity index (χ1) is 12.9. The van der Waals surface area contributed by atoms with E-state index in [9.17, 15) is 13.2 Å². The van der Waals surface area contributed by atoms with Gasteiger partial charge in [0.2, 0.25) is 0 Å². The number of likely N-dealkylation sites (N-methyl/N-ethyl adjacent to an activating group) is 1. The highest BCUT2D eigenvalue weighted by Crippen LogP contribution is 2.31. The van der Waals surface area contributed by atoms with E-state index in [1.165, 1.54) is 43.4 Å². The summed E-state index contributed by atoms with van der Waals surface area (Å²) in [5.74, 6) is 0.817. The van der Waals surface area contributed by atoms with E-state index in [-0.39, 0.29) is 22.2 Å². The van der Waals surface area contributed by atoms with Crippen LogP contribution >= 0.6 is 0 Å². The Morgan fingerprint density at radius 3 is 2.59 bits per heavy atom. The van der Waals surface area contributed by atoms with Gasteiger partial charge >= 0.3 is 0 Å². The molecule has 0 aromatic heterocycles. The first-order valence-electron chi connectivity index (χ1n) is 8.13. The fourth-order valence-electron chi connectivity index (χ4n) is 2.69. The second-order valence-corrected chi connectivity index (χ2v) is 7.56. The van der Waals surface area contributed by atoms with Gasteiger partial charge in [-0.15, -0.1) is 0 Å². The monoisotopic (exact) mass is 392 g/mol. The Labute approximate surface area is 157 Å². The second kappa shape index (κ2) is 7.36. The normalized spacial score (nSPS) is 14.0. The summed E-state index contributed by atoms with van der Waals surface area (Å²) in [6.45, 7) is 0.834. The molecule has 8 nitrogen and oxygen atoms in total. The minimum absolute atomic E-state index is 0.0413. The van der Waals surface area contributed by atoms with Crippen LogP contribution in [0.5, 0.6) is 17.2 Å². The van der Waals surface area contributed by atoms with Crippen LogP contribution in [0.3, 0.4) is 0 Å². The molecule has 144 valence electrons. The molecule has 27 heavy (non-hydrogen) atoms. The number of nitrogens with one attached hydrogen (secondary N) is 1. The van der Waals surface area contributed by atoms with Gasteiger partial charge in [-0.3, -0.25) is 9.52 Å². The van der Waals surface area contributed by atoms with Crippen molar-refractivity contribution in [2.24, 2.45) is 0 Å². The van der Waals surface area contributed by atoms with Crippen LogP contribution in [0.4, 0.5) is 5.69 Å². The van der Waals surface area contributed by atoms with Gasteiger partial charge in [-0.1, -0.05) is 0 Å². The Morgan fingerprint density at radius 1 is 1.11 bits per heavy atom. The molecule has 1 aliphatic rings. The van der Waals surface area contributed by atoms with E-state index in [0.717, 1.165) is 0 Å². The summed E-state index contributed by atoms with van der Waals surface area (Å²) in [4.78, 5) is 13.9. The van der Waals surface area contributed by atoms with Crippen LogP contribution < -0.4 is 18.9 Å². The van der Waals surface area contributed by atoms with Gasteiger partial charge in [-0.25, -0.2) is 8.42 Å². The molecule has 0 unspecified atom stereocenters. The number of anilines is 1. The van der Waals surface area contributed by atoms with Crippen LogP contribution in [-0.4, -0.2) is 53.6 Å². The van der Waals surface area contributed by atoms with Gasteiger partial charge in [0.25, 0.3) is 15.9 Å². The summed E-state index contributed by atoms with van der Waals surface area (Å²) in [6.07, 6.45) is 0. The number of amides is 1. The first kappa shape index (κ1) is 18.8. The van der Waals surface area contributed by atoms with Crippen LogP contribution in [0.1, 0.15) is 10.4 Å². The van der Waals surface area contributed by atoms with E-state index < -0.39 is 10.0 Å². The predicted octanol–water partition coefficient (Wildman–Crippen LogP) is 1.97. The Bertz CT molecular complexity index is 974. The molecule has 0 saturated heterocycles. The number of ether oxygens (including phenoxy) is 3. The number of rotatable bonds is 5. The number of carbonyl (C=O) groups is 1. The van der Waals surface area contributed by atoms with Gasteiger partial charge in [0, 0.05) is 18.8 Å². The van der Waals surface area contributed by atoms with Crippen molar-refractivity contribution in [3.05, 3.63) is 42.0 Å². The van der Waals surface area contributed by atoms with E-state index in [1.807, 2.05) is 0 Å². The van der Waals surface area contributed by atoms with E-state index in [2.05, 4.69) is 4.72 Å². The fraction of sp³-hybridized carbons (Fsp3) is 0.278. The summed E-state index contributed by atoms with van der Waals surface area (Å²) in [5, 5.41) is 0. The molecule has 9 heteroatoms. The quantitative estimate of drug-likeness (QED) is 0.836. The summed E-state index contributed by atoms with van der Waals surface area (Å²) in [7, 11) is 0.579. The molecular formula is C18H20N2O6S. The van der Waals surface area contributed by atoms with Crippen LogP contribution in [0.2, 0.25) is 0 Å². The minimum atomic E-state index is -3.94. The molecule has 1 aliphatic heterocycles. The molecule has 0 spiro atoms. The maximum atomic E-state index is 12.8. The molecule has 1 amide bonds. The molecule has 0 saturated carbocycles. The highest BCUT2D eigenvalue weighted by molar-refractivity contribution is 7.92. The van der Waals surface area contributed by atoms with Crippen LogP contribution in [0, 0.1) is 0 Å². The van der Waals surface area contributed by atoms with Gasteiger partial charge in [-0.05, 0) is 30.3 Å². The van der Waals surface area contributed by atoms with Crippen molar-refractivity contribution in [1.29, 1.82) is 0 Å². The third-order valence-electron chi connectivity index (χ3n) is 4.15. The lowest BCUT2D eigenvalue weighted by Crippen LogP contribution is -2.27. The number of benzene rings is 2. The molecule has 0 atom stereocenters. The zero-order valence-corrected chi connectivity index (χ0v) is 16.0. The number of hydrogen-bond donors (Lipinski definition) is 1. The smallest absolute Gasteiger partial charge is 0.265 e. The highest BCUT2D eigenvalue weighted by Gasteiger charge is 2.24. The number of fused-ring (bicyclic) bond motifs is 1. The van der Waals surface area contributed by atoms with Gasteiger partial charge in [-0.2, -0.15) is 0 Å². The third-order valence-corrected chi connectivity index (χ3v) is 5.57. The number of hydrogen-bond acceptors (Lipinski definition) is 6. The van der Waals surface area contributed by atoms with E-state index in [0.29, 0.717) is 30.2 Å². The molecule has 0 aliphatic carbocycles. The molecule has 2 aromatic carbocycles. The number of nitrogens with zero attached hydrogens (tertiary/aromatic N) is 1. The highest BCUT2D eigenvalue weighted by atomic mass is 32.2. The van der Waals surface area contributed by atoms with Crippen LogP contribution in [0.25, 0.3) is 0 Å². The van der Waals surface area contributed by atoms with E-state index in [1.54, 1.807) is 19.2 Å². The molecule has 2 aromatic rings. The molecule has 0 bridgehead atoms. The first-order valence-corrected chi connectivity index (χ1v) is 9.61. The Morgan fingerprint density at radius 2 is 1.89 bits per heavy atom. The SMILES string of the molecule is COc1ccc(S(=O)(=O)Nc2ccc3c(c2)C(=O)N(C)CCO3)c(OC)c1. The molecule has 0 fully saturated rings. The number of methoxy groups -OCH3 is 2. The largest absolute Gasteiger partial charge is 0.497 e. The lowest BCUT2D eigenvalue weighted by Gasteiger charge is -2.15. The van der Waals surface area contributed by atoms with Crippen molar-refractivity contribution in [2.75, 3.05) is 39.1 Å². The minimum Gasteiger partial charge on any atom is -0.497 e. The Hall–Kier alpha value is -2.94. The molecular weight excluding hydrogens is 372 g/mol. The lowest BCUT2D eigenvalue weighted by atomic mass is 10.1. The van der Waals surface area contributed by atoms with Gasteiger partial charge in [0.05, 0.1) is 26.3 Å². The van der Waals surface area contributed by atoms with Crippen LogP contribution in [-0.2, 0) is 10.0 Å². The van der Waals surface area contributed by atoms with Crippen molar-refractivity contribution in [2.45, 2.75) is 4.90 Å². The van der Waals surface area contributed by atoms with Gasteiger partial charge in [0.1, 0.15) is 28.8 Å². The van der Waals surface area contributed by atoms with Crippen molar-refractivity contribution >= 4 is 21.6 Å². The predicted molar refractivity (Wildman–Crippen MR) is 99.3 cm³/mol. The summed E-state index contributed by atoms with van der Waals surface area (Å²) >= 11 is 0. The Balaban J connectivity index is 1.95. The number of sulfonamides is 1.